The van der Waals surface area contributed by atoms with Gasteiger partial charge in [0.25, 0.3) is 0 Å². The Labute approximate surface area is 158 Å². The third-order valence-corrected chi connectivity index (χ3v) is 5.36. The number of anilines is 2. The van der Waals surface area contributed by atoms with Crippen LogP contribution in [-0.4, -0.2) is 53.0 Å². The molecule has 3 aliphatic rings. The van der Waals surface area contributed by atoms with Crippen LogP contribution < -0.4 is 15.4 Å². The molecule has 0 amide bonds. The van der Waals surface area contributed by atoms with E-state index in [1.165, 1.54) is 12.3 Å². The molecule has 2 aromatic heterocycles. The summed E-state index contributed by atoms with van der Waals surface area (Å²) in [5.41, 5.74) is 6.54. The summed E-state index contributed by atoms with van der Waals surface area (Å²) in [6.07, 6.45) is 1.97. The van der Waals surface area contributed by atoms with Crippen LogP contribution in [0.1, 0.15) is 24.6 Å². The van der Waals surface area contributed by atoms with Gasteiger partial charge in [-0.05, 0) is 18.9 Å². The van der Waals surface area contributed by atoms with Gasteiger partial charge < -0.3 is 20.1 Å². The van der Waals surface area contributed by atoms with Crippen molar-refractivity contribution in [3.63, 3.8) is 0 Å². The van der Waals surface area contributed by atoms with E-state index >= 15 is 0 Å². The molecule has 2 aromatic rings. The number of aromatic nitrogens is 3. The van der Waals surface area contributed by atoms with Crippen molar-refractivity contribution in [2.45, 2.75) is 43.7 Å². The second-order valence-electron chi connectivity index (χ2n) is 7.31. The highest BCUT2D eigenvalue weighted by Crippen LogP contribution is 2.43. The van der Waals surface area contributed by atoms with Gasteiger partial charge in [0.1, 0.15) is 17.8 Å². The quantitative estimate of drug-likeness (QED) is 0.835. The monoisotopic (exact) mass is 393 g/mol. The van der Waals surface area contributed by atoms with Crippen molar-refractivity contribution >= 4 is 11.6 Å². The lowest BCUT2D eigenvalue weighted by Crippen LogP contribution is -2.37. The largest absolute Gasteiger partial charge is 0.431 e. The SMILES string of the molecule is Nc1ncc(-c2cc(N3C[C@@H]4C[C@H]3CO4)nc([C@H]3C[C@H]3F)n2)cc1OC(F)F. The van der Waals surface area contributed by atoms with Crippen LogP contribution in [0.25, 0.3) is 11.3 Å². The average molecular weight is 393 g/mol. The van der Waals surface area contributed by atoms with Gasteiger partial charge in [-0.2, -0.15) is 8.78 Å². The molecule has 0 aromatic carbocycles. The molecule has 2 aliphatic heterocycles. The van der Waals surface area contributed by atoms with Crippen LogP contribution in [0.5, 0.6) is 5.75 Å². The second kappa shape index (κ2) is 6.47. The summed E-state index contributed by atoms with van der Waals surface area (Å²) in [4.78, 5) is 15.1. The molecule has 148 valence electrons. The molecule has 2 bridgehead atoms. The minimum Gasteiger partial charge on any atom is -0.431 e. The normalized spacial score (nSPS) is 28.2. The van der Waals surface area contributed by atoms with Gasteiger partial charge in [-0.15, -0.1) is 0 Å². The summed E-state index contributed by atoms with van der Waals surface area (Å²) >= 11 is 0. The molecule has 3 fully saturated rings. The zero-order valence-electron chi connectivity index (χ0n) is 14.8. The van der Waals surface area contributed by atoms with Crippen LogP contribution in [0.2, 0.25) is 0 Å². The Morgan fingerprint density at radius 2 is 2.07 bits per heavy atom. The molecule has 1 aliphatic carbocycles. The maximum absolute atomic E-state index is 13.7. The molecule has 28 heavy (non-hydrogen) atoms. The zero-order chi connectivity index (χ0) is 19.4. The Morgan fingerprint density at radius 1 is 1.25 bits per heavy atom. The first-order valence-electron chi connectivity index (χ1n) is 9.10. The second-order valence-corrected chi connectivity index (χ2v) is 7.31. The molecule has 4 heterocycles. The van der Waals surface area contributed by atoms with Crippen molar-refractivity contribution in [1.29, 1.82) is 0 Å². The Bertz CT molecular complexity index is 915. The van der Waals surface area contributed by atoms with Crippen molar-refractivity contribution in [3.8, 4) is 17.0 Å². The number of morpholine rings is 1. The van der Waals surface area contributed by atoms with E-state index in [-0.39, 0.29) is 29.6 Å². The highest BCUT2D eigenvalue weighted by atomic mass is 19.3. The first-order valence-corrected chi connectivity index (χ1v) is 9.10. The molecule has 0 spiro atoms. The van der Waals surface area contributed by atoms with Crippen molar-refractivity contribution in [2.24, 2.45) is 0 Å². The van der Waals surface area contributed by atoms with E-state index in [1.807, 2.05) is 0 Å². The maximum atomic E-state index is 13.7. The number of halogens is 3. The van der Waals surface area contributed by atoms with E-state index in [2.05, 4.69) is 24.6 Å². The Balaban J connectivity index is 1.54. The lowest BCUT2D eigenvalue weighted by atomic mass is 10.1. The number of hydrogen-bond acceptors (Lipinski definition) is 7. The molecule has 0 unspecified atom stereocenters. The molecule has 1 saturated carbocycles. The topological polar surface area (TPSA) is 86.4 Å². The number of nitrogens with two attached hydrogens (primary N) is 1. The van der Waals surface area contributed by atoms with Gasteiger partial charge >= 0.3 is 6.61 Å². The Kier molecular flexibility index (Phi) is 4.04. The van der Waals surface area contributed by atoms with Gasteiger partial charge in [0, 0.05) is 24.4 Å². The van der Waals surface area contributed by atoms with Crippen molar-refractivity contribution in [3.05, 3.63) is 24.2 Å². The third-order valence-electron chi connectivity index (χ3n) is 5.36. The van der Waals surface area contributed by atoms with Crippen molar-refractivity contribution in [1.82, 2.24) is 15.0 Å². The number of pyridine rings is 1. The van der Waals surface area contributed by atoms with Crippen LogP contribution in [0.15, 0.2) is 18.3 Å². The summed E-state index contributed by atoms with van der Waals surface area (Å²) in [7, 11) is 0. The summed E-state index contributed by atoms with van der Waals surface area (Å²) < 4.78 is 49.0. The Morgan fingerprint density at radius 3 is 2.71 bits per heavy atom. The number of nitrogen functional groups attached to an aromatic ring is 1. The molecule has 4 atom stereocenters. The summed E-state index contributed by atoms with van der Waals surface area (Å²) in [6, 6.07) is 3.35. The number of fused-ring (bicyclic) bond motifs is 2. The van der Waals surface area contributed by atoms with Crippen LogP contribution >= 0.6 is 0 Å². The summed E-state index contributed by atoms with van der Waals surface area (Å²) in [6.45, 7) is -1.68. The molecule has 7 nitrogen and oxygen atoms in total. The molecule has 5 rings (SSSR count). The lowest BCUT2D eigenvalue weighted by molar-refractivity contribution is -0.0494. The van der Waals surface area contributed by atoms with Crippen molar-refractivity contribution < 1.29 is 22.6 Å². The van der Waals surface area contributed by atoms with Crippen LogP contribution in [0.3, 0.4) is 0 Å². The highest BCUT2D eigenvalue weighted by molar-refractivity contribution is 5.67. The predicted molar refractivity (Wildman–Crippen MR) is 94.1 cm³/mol. The van der Waals surface area contributed by atoms with Gasteiger partial charge in [-0.1, -0.05) is 0 Å². The number of rotatable bonds is 5. The fourth-order valence-electron chi connectivity index (χ4n) is 3.81. The van der Waals surface area contributed by atoms with Gasteiger partial charge in [-0.25, -0.2) is 19.3 Å². The Hall–Kier alpha value is -2.62. The van der Waals surface area contributed by atoms with Gasteiger partial charge in [0.2, 0.25) is 0 Å². The number of nitrogens with zero attached hydrogens (tertiary/aromatic N) is 4. The van der Waals surface area contributed by atoms with Crippen LogP contribution in [0, 0.1) is 0 Å². The van der Waals surface area contributed by atoms with E-state index in [1.54, 1.807) is 6.07 Å². The molecule has 0 radical (unpaired) electrons. The summed E-state index contributed by atoms with van der Waals surface area (Å²) in [5.74, 6) is 0.393. The molecule has 10 heteroatoms. The van der Waals surface area contributed by atoms with E-state index in [0.29, 0.717) is 42.5 Å². The standard InChI is InChI=1S/C18H18F3N5O2/c19-12-3-11(12)17-24-13(8-1-14(28-18(20)21)16(22)23-5-8)4-15(25-17)26-6-10-2-9(26)7-27-10/h1,4-5,9-12,18H,2-3,6-7H2,(H2,22,23)/t9-,10-,11-,12+/m0/s1. The number of ether oxygens (including phenoxy) is 2. The van der Waals surface area contributed by atoms with Gasteiger partial charge in [0.15, 0.2) is 11.6 Å². The molecular formula is C18H18F3N5O2. The van der Waals surface area contributed by atoms with Gasteiger partial charge in [0.05, 0.1) is 30.4 Å². The summed E-state index contributed by atoms with van der Waals surface area (Å²) in [5, 5.41) is 0. The van der Waals surface area contributed by atoms with Gasteiger partial charge in [-0.3, -0.25) is 0 Å². The fourth-order valence-corrected chi connectivity index (χ4v) is 3.81. The molecule has 2 saturated heterocycles. The highest BCUT2D eigenvalue weighted by Gasteiger charge is 2.43. The van der Waals surface area contributed by atoms with E-state index in [4.69, 9.17) is 10.5 Å². The van der Waals surface area contributed by atoms with E-state index in [9.17, 15) is 13.2 Å². The lowest BCUT2D eigenvalue weighted by Gasteiger charge is -2.28. The smallest absolute Gasteiger partial charge is 0.387 e. The van der Waals surface area contributed by atoms with Crippen LogP contribution in [-0.2, 0) is 4.74 Å². The van der Waals surface area contributed by atoms with Crippen LogP contribution in [0.4, 0.5) is 24.8 Å². The minimum atomic E-state index is -3.02. The zero-order valence-corrected chi connectivity index (χ0v) is 14.8. The third kappa shape index (κ3) is 3.11. The molecule has 2 N–H and O–H groups in total. The van der Waals surface area contributed by atoms with E-state index in [0.717, 1.165) is 6.42 Å². The maximum Gasteiger partial charge on any atom is 0.387 e. The first-order chi connectivity index (χ1) is 13.5. The minimum absolute atomic E-state index is 0.140. The predicted octanol–water partition coefficient (Wildman–Crippen LogP) is 2.53. The average Bonchev–Trinajstić information content (AvgIpc) is 3.07. The van der Waals surface area contributed by atoms with Crippen molar-refractivity contribution in [2.75, 3.05) is 23.8 Å². The fraction of sp³-hybridized carbons (Fsp3) is 0.500. The number of hydrogen-bond donors (Lipinski definition) is 1. The number of alkyl halides is 3. The first kappa shape index (κ1) is 17.5. The molecular weight excluding hydrogens is 375 g/mol. The van der Waals surface area contributed by atoms with E-state index < -0.39 is 12.8 Å².